The first-order valence-electron chi connectivity index (χ1n) is 6.72. The van der Waals surface area contributed by atoms with Crippen molar-refractivity contribution in [3.63, 3.8) is 0 Å². The molecule has 1 rings (SSSR count). The summed E-state index contributed by atoms with van der Waals surface area (Å²) in [5.41, 5.74) is 4.58. The lowest BCUT2D eigenvalue weighted by Gasteiger charge is -2.14. The van der Waals surface area contributed by atoms with E-state index in [1.807, 2.05) is 30.4 Å². The molecular formula is C19H22O. The lowest BCUT2D eigenvalue weighted by atomic mass is 9.89. The van der Waals surface area contributed by atoms with Gasteiger partial charge in [-0.1, -0.05) is 62.3 Å². The molecule has 0 aromatic carbocycles. The van der Waals surface area contributed by atoms with Gasteiger partial charge in [0.25, 0.3) is 0 Å². The molecule has 0 radical (unpaired) electrons. The zero-order valence-electron chi connectivity index (χ0n) is 12.4. The van der Waals surface area contributed by atoms with Crippen LogP contribution in [0.15, 0.2) is 84.6 Å². The van der Waals surface area contributed by atoms with Crippen LogP contribution in [0.25, 0.3) is 0 Å². The first kappa shape index (κ1) is 15.9. The first-order chi connectivity index (χ1) is 9.56. The van der Waals surface area contributed by atoms with Gasteiger partial charge in [-0.2, -0.15) is 0 Å². The van der Waals surface area contributed by atoms with Crippen LogP contribution in [0.1, 0.15) is 20.3 Å². The lowest BCUT2D eigenvalue weighted by Crippen LogP contribution is -2.07. The highest BCUT2D eigenvalue weighted by Gasteiger charge is 2.28. The van der Waals surface area contributed by atoms with Crippen molar-refractivity contribution in [2.24, 2.45) is 5.92 Å². The van der Waals surface area contributed by atoms with E-state index in [4.69, 9.17) is 0 Å². The number of allylic oxidation sites excluding steroid dienone is 11. The monoisotopic (exact) mass is 266 g/mol. The number of ketones is 1. The number of Topliss-reactive ketones (excluding diaryl/α,β-unsaturated/α-hetero) is 1. The van der Waals surface area contributed by atoms with Gasteiger partial charge >= 0.3 is 0 Å². The van der Waals surface area contributed by atoms with E-state index in [1.54, 1.807) is 19.1 Å². The van der Waals surface area contributed by atoms with Crippen LogP contribution in [-0.4, -0.2) is 5.78 Å². The summed E-state index contributed by atoms with van der Waals surface area (Å²) in [5.74, 6) is 0.273. The van der Waals surface area contributed by atoms with Gasteiger partial charge in [0, 0.05) is 12.3 Å². The Hall–Kier alpha value is -2.15. The Morgan fingerprint density at radius 1 is 1.10 bits per heavy atom. The topological polar surface area (TPSA) is 17.1 Å². The minimum Gasteiger partial charge on any atom is -0.300 e. The third kappa shape index (κ3) is 3.45. The SMILES string of the molecule is C=C/C=C\C1=C(C)C(C=C)=C(/C=C\C=C)C1CC(C)=O. The van der Waals surface area contributed by atoms with Crippen molar-refractivity contribution in [1.82, 2.24) is 0 Å². The molecule has 0 saturated carbocycles. The van der Waals surface area contributed by atoms with E-state index in [1.165, 1.54) is 11.1 Å². The molecule has 0 aromatic heterocycles. The number of rotatable bonds is 7. The van der Waals surface area contributed by atoms with Crippen molar-refractivity contribution in [1.29, 1.82) is 0 Å². The van der Waals surface area contributed by atoms with E-state index >= 15 is 0 Å². The summed E-state index contributed by atoms with van der Waals surface area (Å²) < 4.78 is 0. The molecule has 0 aliphatic heterocycles. The van der Waals surface area contributed by atoms with Crippen molar-refractivity contribution >= 4 is 5.78 Å². The highest BCUT2D eigenvalue weighted by Crippen LogP contribution is 2.41. The van der Waals surface area contributed by atoms with Gasteiger partial charge in [-0.05, 0) is 36.1 Å². The molecule has 1 aliphatic carbocycles. The fourth-order valence-corrected chi connectivity index (χ4v) is 2.56. The van der Waals surface area contributed by atoms with Crippen molar-refractivity contribution in [2.75, 3.05) is 0 Å². The molecular weight excluding hydrogens is 244 g/mol. The normalized spacial score (nSPS) is 19.2. The second-order valence-corrected chi connectivity index (χ2v) is 4.80. The number of hydrogen-bond acceptors (Lipinski definition) is 1. The molecule has 0 bridgehead atoms. The van der Waals surface area contributed by atoms with Gasteiger partial charge < -0.3 is 0 Å². The van der Waals surface area contributed by atoms with Crippen LogP contribution < -0.4 is 0 Å². The second kappa shape index (κ2) is 7.44. The molecule has 20 heavy (non-hydrogen) atoms. The molecule has 0 fully saturated rings. The van der Waals surface area contributed by atoms with E-state index in [0.29, 0.717) is 6.42 Å². The zero-order valence-corrected chi connectivity index (χ0v) is 12.4. The van der Waals surface area contributed by atoms with Gasteiger partial charge in [0.2, 0.25) is 0 Å². The van der Waals surface area contributed by atoms with Crippen LogP contribution in [0.2, 0.25) is 0 Å². The average Bonchev–Trinajstić information content (AvgIpc) is 2.65. The van der Waals surface area contributed by atoms with Crippen molar-refractivity contribution in [3.8, 4) is 0 Å². The fourth-order valence-electron chi connectivity index (χ4n) is 2.56. The third-order valence-electron chi connectivity index (χ3n) is 3.42. The van der Waals surface area contributed by atoms with Crippen LogP contribution in [0.3, 0.4) is 0 Å². The zero-order chi connectivity index (χ0) is 15.1. The molecule has 1 heteroatoms. The van der Waals surface area contributed by atoms with Crippen LogP contribution >= 0.6 is 0 Å². The molecule has 0 saturated heterocycles. The molecule has 0 amide bonds. The van der Waals surface area contributed by atoms with Gasteiger partial charge in [-0.3, -0.25) is 4.79 Å². The summed E-state index contributed by atoms with van der Waals surface area (Å²) >= 11 is 0. The second-order valence-electron chi connectivity index (χ2n) is 4.80. The average molecular weight is 266 g/mol. The summed E-state index contributed by atoms with van der Waals surface area (Å²) in [4.78, 5) is 11.6. The Bertz CT molecular complexity index is 550. The Morgan fingerprint density at radius 3 is 2.10 bits per heavy atom. The third-order valence-corrected chi connectivity index (χ3v) is 3.42. The summed E-state index contributed by atoms with van der Waals surface area (Å²) in [6.45, 7) is 15.0. The summed E-state index contributed by atoms with van der Waals surface area (Å²) in [6.07, 6.45) is 13.7. The van der Waals surface area contributed by atoms with Crippen molar-refractivity contribution in [3.05, 3.63) is 84.6 Å². The number of carbonyl (C=O) groups excluding carboxylic acids is 1. The Kier molecular flexibility index (Phi) is 5.92. The van der Waals surface area contributed by atoms with Crippen LogP contribution in [-0.2, 0) is 4.79 Å². The summed E-state index contributed by atoms with van der Waals surface area (Å²) in [5, 5.41) is 0. The molecule has 0 heterocycles. The predicted octanol–water partition coefficient (Wildman–Crippen LogP) is 4.88. The molecule has 1 aliphatic rings. The fraction of sp³-hybridized carbons (Fsp3) is 0.211. The lowest BCUT2D eigenvalue weighted by molar-refractivity contribution is -0.117. The summed E-state index contributed by atoms with van der Waals surface area (Å²) in [7, 11) is 0. The first-order valence-corrected chi connectivity index (χ1v) is 6.72. The Labute approximate surface area is 122 Å². The summed E-state index contributed by atoms with van der Waals surface area (Å²) in [6, 6.07) is 0. The maximum atomic E-state index is 11.6. The molecule has 1 unspecified atom stereocenters. The van der Waals surface area contributed by atoms with E-state index in [-0.39, 0.29) is 11.7 Å². The molecule has 0 N–H and O–H groups in total. The predicted molar refractivity (Wildman–Crippen MR) is 87.4 cm³/mol. The number of carbonyl (C=O) groups is 1. The minimum absolute atomic E-state index is 0.0906. The van der Waals surface area contributed by atoms with Gasteiger partial charge in [0.15, 0.2) is 0 Å². The highest BCUT2D eigenvalue weighted by atomic mass is 16.1. The maximum Gasteiger partial charge on any atom is 0.130 e. The largest absolute Gasteiger partial charge is 0.300 e. The van der Waals surface area contributed by atoms with Gasteiger partial charge in [-0.15, -0.1) is 0 Å². The molecule has 0 aromatic rings. The smallest absolute Gasteiger partial charge is 0.130 e. The van der Waals surface area contributed by atoms with E-state index in [2.05, 4.69) is 26.7 Å². The highest BCUT2D eigenvalue weighted by molar-refractivity contribution is 5.78. The van der Waals surface area contributed by atoms with E-state index in [9.17, 15) is 4.79 Å². The van der Waals surface area contributed by atoms with Crippen LogP contribution in [0.4, 0.5) is 0 Å². The van der Waals surface area contributed by atoms with Crippen molar-refractivity contribution < 1.29 is 4.79 Å². The molecule has 104 valence electrons. The number of hydrogen-bond donors (Lipinski definition) is 0. The van der Waals surface area contributed by atoms with Gasteiger partial charge in [0.1, 0.15) is 5.78 Å². The van der Waals surface area contributed by atoms with Gasteiger partial charge in [0.05, 0.1) is 0 Å². The van der Waals surface area contributed by atoms with E-state index in [0.717, 1.165) is 11.1 Å². The Balaban J connectivity index is 3.35. The molecule has 0 spiro atoms. The quantitative estimate of drug-likeness (QED) is 0.600. The Morgan fingerprint density at radius 2 is 1.65 bits per heavy atom. The van der Waals surface area contributed by atoms with Crippen LogP contribution in [0.5, 0.6) is 0 Å². The van der Waals surface area contributed by atoms with Crippen LogP contribution in [0, 0.1) is 5.92 Å². The van der Waals surface area contributed by atoms with Crippen molar-refractivity contribution in [2.45, 2.75) is 20.3 Å². The standard InChI is InChI=1S/C19H22O/c1-6-9-11-17-15(5)16(8-3)18(12-10-7-2)19(17)13-14(4)20/h6-12,19H,1-3,13H2,4-5H3/b11-9-,12-10-. The molecule has 1 nitrogen and oxygen atoms in total. The van der Waals surface area contributed by atoms with E-state index < -0.39 is 0 Å². The molecule has 1 atom stereocenters. The maximum absolute atomic E-state index is 11.6. The minimum atomic E-state index is 0.0906. The van der Waals surface area contributed by atoms with Gasteiger partial charge in [-0.25, -0.2) is 0 Å².